The van der Waals surface area contributed by atoms with E-state index in [9.17, 15) is 14.4 Å². The number of carbonyl (C=O) groups excluding carboxylic acids is 3. The summed E-state index contributed by atoms with van der Waals surface area (Å²) in [6.45, 7) is 0.139. The van der Waals surface area contributed by atoms with Gasteiger partial charge in [0.15, 0.2) is 12.1 Å². The molecule has 2 aromatic carbocycles. The molecule has 148 valence electrons. The van der Waals surface area contributed by atoms with Crippen molar-refractivity contribution in [2.24, 2.45) is 10.3 Å². The van der Waals surface area contributed by atoms with Gasteiger partial charge in [0.05, 0.1) is 32.0 Å². The molecule has 0 unspecified atom stereocenters. The number of carbonyl (C=O) groups is 3. The quantitative estimate of drug-likeness (QED) is 0.568. The van der Waals surface area contributed by atoms with Gasteiger partial charge in [0, 0.05) is 5.56 Å². The lowest BCUT2D eigenvalue weighted by molar-refractivity contribution is -0.123. The van der Waals surface area contributed by atoms with E-state index in [1.165, 1.54) is 19.2 Å². The van der Waals surface area contributed by atoms with Crippen LogP contribution >= 0.6 is 0 Å². The first-order valence-electron chi connectivity index (χ1n) is 8.90. The third-order valence-electron chi connectivity index (χ3n) is 4.91. The number of benzene rings is 2. The number of imide groups is 1. The molecular weight excluding hydrogens is 376 g/mol. The Morgan fingerprint density at radius 1 is 1.07 bits per heavy atom. The lowest BCUT2D eigenvalue weighted by atomic mass is 10.1. The molecule has 0 radical (unpaired) electrons. The van der Waals surface area contributed by atoms with Crippen LogP contribution in [0.2, 0.25) is 0 Å². The van der Waals surface area contributed by atoms with Gasteiger partial charge in [-0.2, -0.15) is 5.11 Å². The molecule has 2 amide bonds. The molecule has 1 fully saturated rings. The van der Waals surface area contributed by atoms with Crippen molar-refractivity contribution < 1.29 is 23.9 Å². The number of esters is 1. The van der Waals surface area contributed by atoms with Crippen LogP contribution in [0.3, 0.4) is 0 Å². The molecule has 29 heavy (non-hydrogen) atoms. The summed E-state index contributed by atoms with van der Waals surface area (Å²) in [7, 11) is 2.80. The first kappa shape index (κ1) is 18.6. The molecule has 1 saturated heterocycles. The van der Waals surface area contributed by atoms with Crippen LogP contribution in [0.4, 0.5) is 5.69 Å². The summed E-state index contributed by atoms with van der Waals surface area (Å²) >= 11 is 0. The number of hydrogen-bond acceptors (Lipinski definition) is 8. The van der Waals surface area contributed by atoms with Crippen molar-refractivity contribution in [3.05, 3.63) is 59.7 Å². The summed E-state index contributed by atoms with van der Waals surface area (Å²) in [6, 6.07) is 11.8. The van der Waals surface area contributed by atoms with Gasteiger partial charge in [-0.25, -0.2) is 9.69 Å². The Labute approximate surface area is 166 Å². The van der Waals surface area contributed by atoms with Gasteiger partial charge < -0.3 is 9.47 Å². The van der Waals surface area contributed by atoms with Crippen LogP contribution < -0.4 is 9.64 Å². The largest absolute Gasteiger partial charge is 0.496 e. The maximum atomic E-state index is 13.0. The lowest BCUT2D eigenvalue weighted by Gasteiger charge is -2.21. The van der Waals surface area contributed by atoms with Crippen LogP contribution in [-0.2, 0) is 20.9 Å². The summed E-state index contributed by atoms with van der Waals surface area (Å²) < 4.78 is 10.1. The molecule has 9 heteroatoms. The van der Waals surface area contributed by atoms with E-state index in [0.29, 0.717) is 22.6 Å². The minimum atomic E-state index is -0.891. The van der Waals surface area contributed by atoms with E-state index in [0.717, 1.165) is 4.90 Å². The van der Waals surface area contributed by atoms with Crippen molar-refractivity contribution >= 4 is 23.5 Å². The number of amides is 2. The van der Waals surface area contributed by atoms with Crippen molar-refractivity contribution in [1.29, 1.82) is 0 Å². The van der Waals surface area contributed by atoms with Gasteiger partial charge in [0.1, 0.15) is 5.75 Å². The van der Waals surface area contributed by atoms with Gasteiger partial charge in [0.2, 0.25) is 0 Å². The van der Waals surface area contributed by atoms with Crippen LogP contribution in [0.5, 0.6) is 5.75 Å². The zero-order valence-corrected chi connectivity index (χ0v) is 15.8. The minimum Gasteiger partial charge on any atom is -0.496 e. The van der Waals surface area contributed by atoms with E-state index < -0.39 is 24.0 Å². The van der Waals surface area contributed by atoms with E-state index in [1.807, 2.05) is 6.07 Å². The SMILES string of the molecule is COC(=O)c1ccc(OC)c(CN2N=N[C@@H]3C(=O)N(c4ccccc4)C(=O)[C@@H]32)c1. The Morgan fingerprint density at radius 2 is 1.83 bits per heavy atom. The molecule has 2 atom stereocenters. The zero-order valence-electron chi connectivity index (χ0n) is 15.8. The van der Waals surface area contributed by atoms with Crippen molar-refractivity contribution in [3.63, 3.8) is 0 Å². The molecule has 2 heterocycles. The van der Waals surface area contributed by atoms with Gasteiger partial charge in [-0.15, -0.1) is 0 Å². The molecule has 0 aromatic heterocycles. The van der Waals surface area contributed by atoms with Crippen molar-refractivity contribution in [3.8, 4) is 5.75 Å². The van der Waals surface area contributed by atoms with Crippen molar-refractivity contribution in [2.45, 2.75) is 18.6 Å². The molecular formula is C20H18N4O5. The Balaban J connectivity index is 1.62. The monoisotopic (exact) mass is 394 g/mol. The molecule has 0 aliphatic carbocycles. The van der Waals surface area contributed by atoms with Crippen LogP contribution in [-0.4, -0.2) is 49.1 Å². The van der Waals surface area contributed by atoms with Crippen LogP contribution in [0.15, 0.2) is 58.9 Å². The topological polar surface area (TPSA) is 101 Å². The van der Waals surface area contributed by atoms with E-state index in [2.05, 4.69) is 10.3 Å². The van der Waals surface area contributed by atoms with Gasteiger partial charge >= 0.3 is 5.97 Å². The van der Waals surface area contributed by atoms with E-state index in [-0.39, 0.29) is 12.5 Å². The Morgan fingerprint density at radius 3 is 2.52 bits per heavy atom. The number of rotatable bonds is 5. The van der Waals surface area contributed by atoms with Crippen LogP contribution in [0, 0.1) is 0 Å². The molecule has 0 spiro atoms. The minimum absolute atomic E-state index is 0.139. The van der Waals surface area contributed by atoms with E-state index in [4.69, 9.17) is 9.47 Å². The highest BCUT2D eigenvalue weighted by Crippen LogP contribution is 2.34. The smallest absolute Gasteiger partial charge is 0.337 e. The lowest BCUT2D eigenvalue weighted by Crippen LogP contribution is -2.39. The highest BCUT2D eigenvalue weighted by atomic mass is 16.5. The second-order valence-corrected chi connectivity index (χ2v) is 6.56. The highest BCUT2D eigenvalue weighted by Gasteiger charge is 2.54. The third kappa shape index (κ3) is 3.10. The highest BCUT2D eigenvalue weighted by molar-refractivity contribution is 6.25. The van der Waals surface area contributed by atoms with E-state index in [1.54, 1.807) is 42.5 Å². The van der Waals surface area contributed by atoms with Gasteiger partial charge in [0.25, 0.3) is 11.8 Å². The zero-order chi connectivity index (χ0) is 20.5. The summed E-state index contributed by atoms with van der Waals surface area (Å²) in [5, 5.41) is 9.50. The Hall–Kier alpha value is -3.75. The number of ether oxygens (including phenoxy) is 2. The maximum absolute atomic E-state index is 13.0. The fourth-order valence-electron chi connectivity index (χ4n) is 3.51. The molecule has 2 aromatic rings. The second-order valence-electron chi connectivity index (χ2n) is 6.56. The first-order chi connectivity index (χ1) is 14.0. The summed E-state index contributed by atoms with van der Waals surface area (Å²) in [6.07, 6.45) is 0. The fraction of sp³-hybridized carbons (Fsp3) is 0.250. The average Bonchev–Trinajstić information content (AvgIpc) is 3.27. The predicted octanol–water partition coefficient (Wildman–Crippen LogP) is 1.98. The molecule has 0 bridgehead atoms. The summed E-state index contributed by atoms with van der Waals surface area (Å²) in [4.78, 5) is 38.7. The molecule has 0 saturated carbocycles. The predicted molar refractivity (Wildman–Crippen MR) is 101 cm³/mol. The normalized spacial score (nSPS) is 20.2. The van der Waals surface area contributed by atoms with Gasteiger partial charge in [-0.1, -0.05) is 23.4 Å². The molecule has 2 aliphatic rings. The van der Waals surface area contributed by atoms with Crippen molar-refractivity contribution in [1.82, 2.24) is 5.01 Å². The fourth-order valence-corrected chi connectivity index (χ4v) is 3.51. The van der Waals surface area contributed by atoms with Crippen molar-refractivity contribution in [2.75, 3.05) is 19.1 Å². The molecule has 0 N–H and O–H groups in total. The summed E-state index contributed by atoms with van der Waals surface area (Å²) in [5.41, 5.74) is 1.46. The molecule has 9 nitrogen and oxygen atoms in total. The maximum Gasteiger partial charge on any atom is 0.337 e. The van der Waals surface area contributed by atoms with Crippen LogP contribution in [0.1, 0.15) is 15.9 Å². The van der Waals surface area contributed by atoms with Gasteiger partial charge in [-0.05, 0) is 30.3 Å². The number of para-hydroxylation sites is 1. The standard InChI is InChI=1S/C20H18N4O5/c1-28-15-9-8-12(20(27)29-2)10-13(15)11-23-17-16(21-22-23)18(25)24(19(17)26)14-6-4-3-5-7-14/h3-10,16-17H,11H2,1-2H3/t16-,17+/m0/s1. The number of fused-ring (bicyclic) bond motifs is 1. The number of nitrogens with zero attached hydrogens (tertiary/aromatic N) is 4. The number of hydrogen-bond donors (Lipinski definition) is 0. The molecule has 4 rings (SSSR count). The molecule has 2 aliphatic heterocycles. The Bertz CT molecular complexity index is 1010. The first-order valence-corrected chi connectivity index (χ1v) is 8.90. The van der Waals surface area contributed by atoms with Gasteiger partial charge in [-0.3, -0.25) is 14.6 Å². The third-order valence-corrected chi connectivity index (χ3v) is 4.91. The summed E-state index contributed by atoms with van der Waals surface area (Å²) in [5.74, 6) is -0.766. The van der Waals surface area contributed by atoms with Crippen LogP contribution in [0.25, 0.3) is 0 Å². The van der Waals surface area contributed by atoms with E-state index >= 15 is 0 Å². The Kier molecular flexibility index (Phi) is 4.71. The number of methoxy groups -OCH3 is 2. The average molecular weight is 394 g/mol. The number of anilines is 1. The second kappa shape index (κ2) is 7.34.